The molecule has 9 atom stereocenters. The molecule has 5 fully saturated rings. The van der Waals surface area contributed by atoms with Crippen molar-refractivity contribution in [2.45, 2.75) is 97.5 Å². The van der Waals surface area contributed by atoms with Crippen LogP contribution in [0.5, 0.6) is 0 Å². The zero-order valence-corrected chi connectivity index (χ0v) is 20.4. The largest absolute Gasteiger partial charge is 0.481 e. The van der Waals surface area contributed by atoms with E-state index in [4.69, 9.17) is 4.74 Å². The van der Waals surface area contributed by atoms with Gasteiger partial charge in [-0.1, -0.05) is 20.8 Å². The summed E-state index contributed by atoms with van der Waals surface area (Å²) in [6.07, 6.45) is 12.1. The highest BCUT2D eigenvalue weighted by Crippen LogP contribution is 2.67. The van der Waals surface area contributed by atoms with Crippen molar-refractivity contribution in [3.8, 4) is 0 Å². The molecule has 1 heterocycles. The normalized spacial score (nSPS) is 48.3. The fourth-order valence-electron chi connectivity index (χ4n) is 9.30. The van der Waals surface area contributed by atoms with Crippen LogP contribution in [-0.2, 0) is 9.53 Å². The predicted molar refractivity (Wildman–Crippen MR) is 123 cm³/mol. The molecule has 180 valence electrons. The molecule has 5 aliphatic rings. The number of fused-ring (bicyclic) bond motifs is 5. The Hall–Kier alpha value is -1.26. The van der Waals surface area contributed by atoms with Gasteiger partial charge in [-0.2, -0.15) is 0 Å². The van der Waals surface area contributed by atoms with E-state index in [-0.39, 0.29) is 23.5 Å². The minimum Gasteiger partial charge on any atom is -0.481 e. The molecule has 5 nitrogen and oxygen atoms in total. The summed E-state index contributed by atoms with van der Waals surface area (Å²) in [5.74, 6) is 2.48. The summed E-state index contributed by atoms with van der Waals surface area (Å²) >= 11 is 0. The Kier molecular flexibility index (Phi) is 5.77. The second-order valence-corrected chi connectivity index (χ2v) is 12.6. The maximum absolute atomic E-state index is 12.8. The number of hydrogen-bond acceptors (Lipinski definition) is 3. The molecule has 4 aliphatic carbocycles. The van der Waals surface area contributed by atoms with E-state index in [2.05, 4.69) is 20.8 Å². The van der Waals surface area contributed by atoms with Crippen LogP contribution < -0.4 is 0 Å². The number of piperidine rings is 1. The average molecular weight is 446 g/mol. The van der Waals surface area contributed by atoms with Crippen LogP contribution in [0.3, 0.4) is 0 Å². The van der Waals surface area contributed by atoms with Gasteiger partial charge < -0.3 is 14.7 Å². The molecule has 0 aromatic heterocycles. The van der Waals surface area contributed by atoms with Crippen molar-refractivity contribution in [2.24, 2.45) is 46.3 Å². The molecular formula is C27H43NO4. The first-order valence-corrected chi connectivity index (χ1v) is 13.4. The molecular weight excluding hydrogens is 402 g/mol. The van der Waals surface area contributed by atoms with Gasteiger partial charge in [0.05, 0.1) is 5.92 Å². The summed E-state index contributed by atoms with van der Waals surface area (Å²) in [4.78, 5) is 26.6. The number of carbonyl (C=O) groups is 2. The summed E-state index contributed by atoms with van der Waals surface area (Å²) in [6, 6.07) is 0. The van der Waals surface area contributed by atoms with Crippen molar-refractivity contribution in [2.75, 3.05) is 13.1 Å². The monoisotopic (exact) mass is 445 g/mol. The predicted octanol–water partition coefficient (Wildman–Crippen LogP) is 5.97. The van der Waals surface area contributed by atoms with Gasteiger partial charge in [-0.15, -0.1) is 0 Å². The van der Waals surface area contributed by atoms with Gasteiger partial charge in [0.1, 0.15) is 6.10 Å². The number of rotatable bonds is 2. The molecule has 1 aliphatic heterocycles. The SMILES string of the molecule is CC1CCCN(C(=O)OC2CC[C@@]3(C)C(CC[C@@H]4[C@@H]3CC[C@]3(C)C(C(=O)O)CC[C@@H]43)C2)C1. The minimum absolute atomic E-state index is 0.00545. The molecule has 0 aromatic rings. The van der Waals surface area contributed by atoms with E-state index in [9.17, 15) is 14.7 Å². The number of aliphatic carboxylic acids is 1. The molecule has 5 heteroatoms. The highest BCUT2D eigenvalue weighted by atomic mass is 16.6. The van der Waals surface area contributed by atoms with Gasteiger partial charge in [0.15, 0.2) is 0 Å². The Morgan fingerprint density at radius 2 is 1.69 bits per heavy atom. The summed E-state index contributed by atoms with van der Waals surface area (Å²) in [6.45, 7) is 8.71. The topological polar surface area (TPSA) is 66.8 Å². The fourth-order valence-corrected chi connectivity index (χ4v) is 9.30. The third-order valence-corrected chi connectivity index (χ3v) is 11.1. The molecule has 4 saturated carbocycles. The molecule has 0 bridgehead atoms. The van der Waals surface area contributed by atoms with Crippen molar-refractivity contribution in [1.82, 2.24) is 4.90 Å². The molecule has 1 N–H and O–H groups in total. The standard InChI is InChI=1S/C27H43NO4/c1-17-5-4-14-28(16-17)25(31)32-19-10-12-26(2)18(15-19)6-7-20-21-8-9-23(24(29)30)27(21,3)13-11-22(20)26/h17-23H,4-16H2,1-3H3,(H,29,30)/t17?,18?,19?,20-,21-,22-,23?,26-,27-/m0/s1. The summed E-state index contributed by atoms with van der Waals surface area (Å²) in [5.41, 5.74) is 0.322. The summed E-state index contributed by atoms with van der Waals surface area (Å²) in [5, 5.41) is 9.82. The van der Waals surface area contributed by atoms with Crippen molar-refractivity contribution in [1.29, 1.82) is 0 Å². The van der Waals surface area contributed by atoms with Gasteiger partial charge in [0.2, 0.25) is 0 Å². The lowest BCUT2D eigenvalue weighted by Gasteiger charge is -2.60. The average Bonchev–Trinajstić information content (AvgIpc) is 3.11. The van der Waals surface area contributed by atoms with Crippen molar-refractivity contribution >= 4 is 12.1 Å². The van der Waals surface area contributed by atoms with Crippen LogP contribution in [0.2, 0.25) is 0 Å². The van der Waals surface area contributed by atoms with E-state index in [0.717, 1.165) is 58.0 Å². The zero-order chi connectivity index (χ0) is 22.7. The van der Waals surface area contributed by atoms with Gasteiger partial charge in [-0.05, 0) is 111 Å². The van der Waals surface area contributed by atoms with Gasteiger partial charge in [0, 0.05) is 13.1 Å². The Labute approximate surface area is 193 Å². The van der Waals surface area contributed by atoms with E-state index in [1.807, 2.05) is 4.90 Å². The molecule has 32 heavy (non-hydrogen) atoms. The van der Waals surface area contributed by atoms with Crippen LogP contribution in [0.25, 0.3) is 0 Å². The number of amides is 1. The lowest BCUT2D eigenvalue weighted by molar-refractivity contribution is -0.154. The van der Waals surface area contributed by atoms with Crippen LogP contribution >= 0.6 is 0 Å². The van der Waals surface area contributed by atoms with Crippen molar-refractivity contribution < 1.29 is 19.4 Å². The number of carbonyl (C=O) groups excluding carboxylic acids is 1. The molecule has 1 saturated heterocycles. The van der Waals surface area contributed by atoms with Crippen molar-refractivity contribution in [3.63, 3.8) is 0 Å². The lowest BCUT2D eigenvalue weighted by Crippen LogP contribution is -2.54. The molecule has 4 unspecified atom stereocenters. The molecule has 0 spiro atoms. The van der Waals surface area contributed by atoms with E-state index in [1.54, 1.807) is 0 Å². The molecule has 1 amide bonds. The maximum atomic E-state index is 12.8. The Bertz CT molecular complexity index is 754. The number of likely N-dealkylation sites (tertiary alicyclic amines) is 1. The summed E-state index contributed by atoms with van der Waals surface area (Å²) < 4.78 is 6.06. The highest BCUT2D eigenvalue weighted by Gasteiger charge is 2.61. The van der Waals surface area contributed by atoms with Crippen LogP contribution in [0.4, 0.5) is 4.79 Å². The van der Waals surface area contributed by atoms with Gasteiger partial charge in [0.25, 0.3) is 0 Å². The van der Waals surface area contributed by atoms with Crippen LogP contribution in [0.1, 0.15) is 91.4 Å². The van der Waals surface area contributed by atoms with Crippen LogP contribution in [0.15, 0.2) is 0 Å². The first-order chi connectivity index (χ1) is 15.2. The van der Waals surface area contributed by atoms with Gasteiger partial charge >= 0.3 is 12.1 Å². The second kappa shape index (κ2) is 8.20. The number of nitrogens with zero attached hydrogens (tertiary/aromatic N) is 1. The van der Waals surface area contributed by atoms with Gasteiger partial charge in [-0.25, -0.2) is 4.79 Å². The van der Waals surface area contributed by atoms with Crippen molar-refractivity contribution in [3.05, 3.63) is 0 Å². The van der Waals surface area contributed by atoms with E-state index in [0.29, 0.717) is 35.0 Å². The first kappa shape index (κ1) is 22.5. The maximum Gasteiger partial charge on any atom is 0.410 e. The Balaban J connectivity index is 1.24. The van der Waals surface area contributed by atoms with E-state index < -0.39 is 5.97 Å². The quantitative estimate of drug-likeness (QED) is 0.569. The number of ether oxygens (including phenoxy) is 1. The fraction of sp³-hybridized carbons (Fsp3) is 0.926. The molecule has 0 radical (unpaired) electrons. The van der Waals surface area contributed by atoms with Gasteiger partial charge in [-0.3, -0.25) is 4.79 Å². The Morgan fingerprint density at radius 1 is 0.938 bits per heavy atom. The Morgan fingerprint density at radius 3 is 2.44 bits per heavy atom. The second-order valence-electron chi connectivity index (χ2n) is 12.6. The highest BCUT2D eigenvalue weighted by molar-refractivity contribution is 5.71. The third kappa shape index (κ3) is 3.57. The summed E-state index contributed by atoms with van der Waals surface area (Å²) in [7, 11) is 0. The lowest BCUT2D eigenvalue weighted by atomic mass is 9.44. The van der Waals surface area contributed by atoms with Crippen LogP contribution in [-0.4, -0.2) is 41.3 Å². The van der Waals surface area contributed by atoms with Crippen LogP contribution in [0, 0.1) is 46.3 Å². The number of carboxylic acids is 1. The first-order valence-electron chi connectivity index (χ1n) is 13.4. The third-order valence-electron chi connectivity index (χ3n) is 11.1. The number of hydrogen-bond donors (Lipinski definition) is 1. The minimum atomic E-state index is -0.571. The molecule has 5 rings (SSSR count). The molecule has 0 aromatic carbocycles. The zero-order valence-electron chi connectivity index (χ0n) is 20.4. The number of carboxylic acid groups (broad SMARTS) is 1. The van der Waals surface area contributed by atoms with E-state index in [1.165, 1.54) is 25.7 Å². The van der Waals surface area contributed by atoms with E-state index >= 15 is 0 Å². The smallest absolute Gasteiger partial charge is 0.410 e.